The number of carbonyl (C=O) groups excluding carboxylic acids is 1. The number of hydrogen-bond acceptors (Lipinski definition) is 6. The predicted molar refractivity (Wildman–Crippen MR) is 95.7 cm³/mol. The van der Waals surface area contributed by atoms with E-state index in [2.05, 4.69) is 19.9 Å². The van der Waals surface area contributed by atoms with E-state index in [1.54, 1.807) is 29.1 Å². The number of fused-ring (bicyclic) bond motifs is 1. The average Bonchev–Trinajstić information content (AvgIpc) is 3.00. The molecular formula is C17H19N5O3S. The lowest BCUT2D eigenvalue weighted by molar-refractivity contribution is -0.119. The minimum Gasteiger partial charge on any atom is -0.321 e. The monoisotopic (exact) mass is 373 g/mol. The number of aryl methyl sites for hydroxylation is 3. The van der Waals surface area contributed by atoms with Gasteiger partial charge < -0.3 is 4.57 Å². The Morgan fingerprint density at radius 3 is 2.81 bits per heavy atom. The van der Waals surface area contributed by atoms with Gasteiger partial charge in [0.15, 0.2) is 0 Å². The van der Waals surface area contributed by atoms with Crippen molar-refractivity contribution >= 4 is 26.8 Å². The number of sulfonamides is 1. The molecule has 2 aromatic heterocycles. The van der Waals surface area contributed by atoms with Crippen LogP contribution in [-0.2, 0) is 28.3 Å². The van der Waals surface area contributed by atoms with E-state index in [1.165, 1.54) is 12.3 Å². The van der Waals surface area contributed by atoms with E-state index in [1.807, 2.05) is 14.0 Å². The van der Waals surface area contributed by atoms with E-state index in [-0.39, 0.29) is 11.3 Å². The molecule has 0 spiro atoms. The first-order valence-electron chi connectivity index (χ1n) is 8.11. The van der Waals surface area contributed by atoms with Crippen molar-refractivity contribution in [3.8, 4) is 0 Å². The first-order valence-corrected chi connectivity index (χ1v) is 9.59. The molecule has 26 heavy (non-hydrogen) atoms. The second kappa shape index (κ2) is 7.20. The molecule has 0 unspecified atom stereocenters. The molecule has 3 rings (SSSR count). The largest absolute Gasteiger partial charge is 0.321 e. The Balaban J connectivity index is 1.72. The number of nitrogens with zero attached hydrogens (tertiary/aromatic N) is 4. The van der Waals surface area contributed by atoms with Gasteiger partial charge in [-0.1, -0.05) is 12.1 Å². The minimum absolute atomic E-state index is 0.000325. The van der Waals surface area contributed by atoms with Gasteiger partial charge in [-0.3, -0.25) is 9.78 Å². The van der Waals surface area contributed by atoms with Crippen molar-refractivity contribution in [1.82, 2.24) is 24.5 Å². The third kappa shape index (κ3) is 3.72. The van der Waals surface area contributed by atoms with Gasteiger partial charge in [-0.15, -0.1) is 10.2 Å². The smallest absolute Gasteiger partial charge is 0.266 e. The first-order chi connectivity index (χ1) is 12.4. The summed E-state index contributed by atoms with van der Waals surface area (Å²) in [7, 11) is -2.18. The third-order valence-corrected chi connectivity index (χ3v) is 5.50. The summed E-state index contributed by atoms with van der Waals surface area (Å²) in [4.78, 5) is 16.3. The van der Waals surface area contributed by atoms with Gasteiger partial charge in [0, 0.05) is 31.5 Å². The quantitative estimate of drug-likeness (QED) is 0.702. The van der Waals surface area contributed by atoms with Gasteiger partial charge in [0.1, 0.15) is 17.0 Å². The molecule has 1 amide bonds. The summed E-state index contributed by atoms with van der Waals surface area (Å²) in [6.07, 6.45) is 4.20. The highest BCUT2D eigenvalue weighted by Crippen LogP contribution is 2.23. The molecule has 0 fully saturated rings. The van der Waals surface area contributed by atoms with Gasteiger partial charge in [-0.25, -0.2) is 13.1 Å². The fourth-order valence-corrected chi connectivity index (χ4v) is 3.88. The minimum atomic E-state index is -3.99. The van der Waals surface area contributed by atoms with Gasteiger partial charge in [0.05, 0.1) is 5.52 Å². The number of benzene rings is 1. The summed E-state index contributed by atoms with van der Waals surface area (Å²) in [6, 6.07) is 6.73. The maximum atomic E-state index is 12.6. The lowest BCUT2D eigenvalue weighted by Crippen LogP contribution is -2.30. The molecule has 0 aliphatic heterocycles. The van der Waals surface area contributed by atoms with Crippen LogP contribution in [0.4, 0.5) is 0 Å². The Morgan fingerprint density at radius 2 is 2.08 bits per heavy atom. The predicted octanol–water partition coefficient (Wildman–Crippen LogP) is 1.50. The molecule has 8 nitrogen and oxygen atoms in total. The van der Waals surface area contributed by atoms with Crippen LogP contribution in [0.15, 0.2) is 41.7 Å². The highest BCUT2D eigenvalue weighted by molar-refractivity contribution is 7.90. The van der Waals surface area contributed by atoms with Crippen molar-refractivity contribution in [2.24, 2.45) is 7.05 Å². The Labute approximate surface area is 151 Å². The Morgan fingerprint density at radius 1 is 1.27 bits per heavy atom. The number of pyridine rings is 1. The van der Waals surface area contributed by atoms with E-state index < -0.39 is 15.9 Å². The number of rotatable bonds is 6. The van der Waals surface area contributed by atoms with Crippen molar-refractivity contribution < 1.29 is 13.2 Å². The lowest BCUT2D eigenvalue weighted by Gasteiger charge is -2.10. The van der Waals surface area contributed by atoms with Gasteiger partial charge in [-0.05, 0) is 31.0 Å². The summed E-state index contributed by atoms with van der Waals surface area (Å²) in [5.74, 6) is 0.186. The Kier molecular flexibility index (Phi) is 4.99. The first kappa shape index (κ1) is 18.0. The zero-order valence-corrected chi connectivity index (χ0v) is 15.3. The van der Waals surface area contributed by atoms with Crippen molar-refractivity contribution in [3.63, 3.8) is 0 Å². The second-order valence-corrected chi connectivity index (χ2v) is 7.67. The van der Waals surface area contributed by atoms with Gasteiger partial charge in [0.2, 0.25) is 5.91 Å². The maximum Gasteiger partial charge on any atom is 0.266 e. The topological polar surface area (TPSA) is 107 Å². The molecular weight excluding hydrogens is 354 g/mol. The summed E-state index contributed by atoms with van der Waals surface area (Å²) >= 11 is 0. The highest BCUT2D eigenvalue weighted by atomic mass is 32.2. The van der Waals surface area contributed by atoms with Crippen molar-refractivity contribution in [2.45, 2.75) is 31.1 Å². The summed E-state index contributed by atoms with van der Waals surface area (Å²) in [5, 5.41) is 8.44. The van der Waals surface area contributed by atoms with Crippen LogP contribution in [0.1, 0.15) is 24.2 Å². The van der Waals surface area contributed by atoms with Gasteiger partial charge in [-0.2, -0.15) is 0 Å². The van der Waals surface area contributed by atoms with Crippen LogP contribution >= 0.6 is 0 Å². The lowest BCUT2D eigenvalue weighted by atomic mass is 10.1. The molecule has 1 aromatic carbocycles. The fraction of sp³-hybridized carbons (Fsp3) is 0.294. The highest BCUT2D eigenvalue weighted by Gasteiger charge is 2.21. The third-order valence-electron chi connectivity index (χ3n) is 4.10. The summed E-state index contributed by atoms with van der Waals surface area (Å²) < 4.78 is 29.1. The molecule has 0 radical (unpaired) electrons. The van der Waals surface area contributed by atoms with Crippen molar-refractivity contribution in [1.29, 1.82) is 0 Å². The number of amides is 1. The molecule has 0 aliphatic carbocycles. The molecule has 0 atom stereocenters. The Hall–Kier alpha value is -2.81. The standard InChI is InChI=1S/C17H19N5O3S/c1-12-8-9-14(17-13(12)5-4-10-18-17)26(24,25)21-16(23)7-3-6-15-20-19-11-22(15)2/h4-5,8-11H,3,6-7H2,1-2H3,(H,21,23). The van der Waals surface area contributed by atoms with Crippen LogP contribution in [0.5, 0.6) is 0 Å². The van der Waals surface area contributed by atoms with Crippen LogP contribution < -0.4 is 4.72 Å². The van der Waals surface area contributed by atoms with Crippen LogP contribution in [0.2, 0.25) is 0 Å². The summed E-state index contributed by atoms with van der Waals surface area (Å²) in [6.45, 7) is 1.88. The molecule has 9 heteroatoms. The van der Waals surface area contributed by atoms with Crippen LogP contribution in [-0.4, -0.2) is 34.1 Å². The van der Waals surface area contributed by atoms with E-state index in [0.717, 1.165) is 16.8 Å². The van der Waals surface area contributed by atoms with Crippen molar-refractivity contribution in [3.05, 3.63) is 48.2 Å². The van der Waals surface area contributed by atoms with Gasteiger partial charge in [0.25, 0.3) is 10.0 Å². The number of nitrogens with one attached hydrogen (secondary N) is 1. The van der Waals surface area contributed by atoms with E-state index >= 15 is 0 Å². The average molecular weight is 373 g/mol. The SMILES string of the molecule is Cc1ccc(S(=O)(=O)NC(=O)CCCc2nncn2C)c2ncccc12. The van der Waals surface area contributed by atoms with Crippen LogP contribution in [0.3, 0.4) is 0 Å². The molecule has 0 aliphatic rings. The fourth-order valence-electron chi connectivity index (χ4n) is 2.70. The van der Waals surface area contributed by atoms with E-state index in [4.69, 9.17) is 0 Å². The molecule has 1 N–H and O–H groups in total. The molecule has 0 saturated heterocycles. The van der Waals surface area contributed by atoms with Crippen LogP contribution in [0.25, 0.3) is 10.9 Å². The zero-order chi connectivity index (χ0) is 18.7. The number of aromatic nitrogens is 4. The van der Waals surface area contributed by atoms with E-state index in [9.17, 15) is 13.2 Å². The van der Waals surface area contributed by atoms with Crippen LogP contribution in [0, 0.1) is 6.92 Å². The normalized spacial score (nSPS) is 11.6. The van der Waals surface area contributed by atoms with Gasteiger partial charge >= 0.3 is 0 Å². The molecule has 136 valence electrons. The maximum absolute atomic E-state index is 12.6. The molecule has 0 bridgehead atoms. The number of carbonyl (C=O) groups is 1. The van der Waals surface area contributed by atoms with Crippen molar-refractivity contribution in [2.75, 3.05) is 0 Å². The number of hydrogen-bond donors (Lipinski definition) is 1. The molecule has 0 saturated carbocycles. The van der Waals surface area contributed by atoms with E-state index in [0.29, 0.717) is 18.4 Å². The Bertz CT molecular complexity index is 1060. The second-order valence-electron chi connectivity index (χ2n) is 6.02. The molecule has 2 heterocycles. The zero-order valence-electron chi connectivity index (χ0n) is 14.5. The summed E-state index contributed by atoms with van der Waals surface area (Å²) in [5.41, 5.74) is 1.27. The molecule has 3 aromatic rings.